The highest BCUT2D eigenvalue weighted by Gasteiger charge is 2.20. The summed E-state index contributed by atoms with van der Waals surface area (Å²) in [5.41, 5.74) is 0.678. The minimum atomic E-state index is -1.13. The van der Waals surface area contributed by atoms with Gasteiger partial charge in [0.05, 0.1) is 18.1 Å². The van der Waals surface area contributed by atoms with Gasteiger partial charge in [0.1, 0.15) is 4.83 Å². The van der Waals surface area contributed by atoms with Gasteiger partial charge in [0.2, 0.25) is 0 Å². The number of imide groups is 1. The third-order valence-corrected chi connectivity index (χ3v) is 5.08. The number of carbonyl (C=O) groups is 3. The van der Waals surface area contributed by atoms with Gasteiger partial charge in [-0.3, -0.25) is 24.3 Å². The average Bonchev–Trinajstić information content (AvgIpc) is 2.89. The molecule has 2 aromatic heterocycles. The standard InChI is InChI=1S/C17H22N4O5S/c1-5-18-17(25)20-14(23)10(3)26-12(22)6-7-21-8-19-15-13(16(21)24)9(2)11(4)27-15/h8,10H,5-7H2,1-4H3,(H2,18,20,23,25). The van der Waals surface area contributed by atoms with Crippen LogP contribution < -0.4 is 16.2 Å². The van der Waals surface area contributed by atoms with Crippen LogP contribution in [0.5, 0.6) is 0 Å². The number of thiophene rings is 1. The molecule has 1 unspecified atom stereocenters. The van der Waals surface area contributed by atoms with Crippen LogP contribution in [0.2, 0.25) is 0 Å². The molecule has 2 heterocycles. The van der Waals surface area contributed by atoms with E-state index in [1.807, 2.05) is 13.8 Å². The molecule has 2 rings (SSSR count). The summed E-state index contributed by atoms with van der Waals surface area (Å²) in [5, 5.41) is 5.03. The SMILES string of the molecule is CCNC(=O)NC(=O)C(C)OC(=O)CCn1cnc2sc(C)c(C)c2c1=O. The molecular weight excluding hydrogens is 372 g/mol. The van der Waals surface area contributed by atoms with Crippen molar-refractivity contribution in [2.45, 2.75) is 46.8 Å². The van der Waals surface area contributed by atoms with Crippen molar-refractivity contribution in [2.75, 3.05) is 6.54 Å². The summed E-state index contributed by atoms with van der Waals surface area (Å²) in [6.07, 6.45) is 0.172. The molecule has 1 atom stereocenters. The van der Waals surface area contributed by atoms with Gasteiger partial charge in [-0.15, -0.1) is 11.3 Å². The summed E-state index contributed by atoms with van der Waals surface area (Å²) < 4.78 is 6.35. The van der Waals surface area contributed by atoms with Gasteiger partial charge in [0.25, 0.3) is 11.5 Å². The van der Waals surface area contributed by atoms with E-state index >= 15 is 0 Å². The lowest BCUT2D eigenvalue weighted by molar-refractivity contribution is -0.154. The molecule has 3 amide bonds. The maximum atomic E-state index is 12.6. The van der Waals surface area contributed by atoms with Gasteiger partial charge in [-0.1, -0.05) is 0 Å². The molecule has 0 saturated heterocycles. The number of nitrogens with zero attached hydrogens (tertiary/aromatic N) is 2. The van der Waals surface area contributed by atoms with E-state index in [4.69, 9.17) is 4.74 Å². The smallest absolute Gasteiger partial charge is 0.321 e. The number of amides is 3. The van der Waals surface area contributed by atoms with Crippen molar-refractivity contribution in [1.29, 1.82) is 0 Å². The second kappa shape index (κ2) is 8.76. The number of rotatable bonds is 6. The number of ether oxygens (including phenoxy) is 1. The molecule has 0 aromatic carbocycles. The summed E-state index contributed by atoms with van der Waals surface area (Å²) >= 11 is 1.45. The second-order valence-electron chi connectivity index (χ2n) is 5.94. The number of esters is 1. The Labute approximate surface area is 159 Å². The first-order chi connectivity index (χ1) is 12.7. The minimum absolute atomic E-state index is 0.0829. The summed E-state index contributed by atoms with van der Waals surface area (Å²) in [6, 6.07) is -0.655. The number of hydrogen-bond acceptors (Lipinski definition) is 7. The largest absolute Gasteiger partial charge is 0.452 e. The molecule has 0 spiro atoms. The molecule has 0 aliphatic carbocycles. The first kappa shape index (κ1) is 20.6. The Morgan fingerprint density at radius 2 is 2.04 bits per heavy atom. The highest BCUT2D eigenvalue weighted by atomic mass is 32.1. The number of hydrogen-bond donors (Lipinski definition) is 2. The van der Waals surface area contributed by atoms with E-state index in [0.29, 0.717) is 16.8 Å². The molecule has 146 valence electrons. The third kappa shape index (κ3) is 4.91. The zero-order valence-electron chi connectivity index (χ0n) is 15.6. The van der Waals surface area contributed by atoms with Crippen LogP contribution in [0.3, 0.4) is 0 Å². The van der Waals surface area contributed by atoms with Crippen LogP contribution in [-0.2, 0) is 20.9 Å². The fourth-order valence-electron chi connectivity index (χ4n) is 2.37. The number of aryl methyl sites for hydroxylation is 3. The van der Waals surface area contributed by atoms with E-state index in [0.717, 1.165) is 10.4 Å². The van der Waals surface area contributed by atoms with Crippen molar-refractivity contribution in [2.24, 2.45) is 0 Å². The molecule has 2 N–H and O–H groups in total. The number of fused-ring (bicyclic) bond motifs is 1. The summed E-state index contributed by atoms with van der Waals surface area (Å²) in [7, 11) is 0. The first-order valence-corrected chi connectivity index (χ1v) is 9.29. The van der Waals surface area contributed by atoms with Crippen molar-refractivity contribution in [3.8, 4) is 0 Å². The lowest BCUT2D eigenvalue weighted by Gasteiger charge is -2.13. The van der Waals surface area contributed by atoms with Gasteiger partial charge in [-0.05, 0) is 33.3 Å². The van der Waals surface area contributed by atoms with Gasteiger partial charge in [-0.25, -0.2) is 9.78 Å². The van der Waals surface area contributed by atoms with E-state index < -0.39 is 24.0 Å². The summed E-state index contributed by atoms with van der Waals surface area (Å²) in [5.74, 6) is -1.38. The number of aromatic nitrogens is 2. The third-order valence-electron chi connectivity index (χ3n) is 3.96. The normalized spacial score (nSPS) is 11.9. The van der Waals surface area contributed by atoms with Crippen molar-refractivity contribution < 1.29 is 19.1 Å². The van der Waals surface area contributed by atoms with E-state index in [-0.39, 0.29) is 18.5 Å². The highest BCUT2D eigenvalue weighted by Crippen LogP contribution is 2.25. The summed E-state index contributed by atoms with van der Waals surface area (Å²) in [4.78, 5) is 53.5. The maximum Gasteiger partial charge on any atom is 0.321 e. The Morgan fingerprint density at radius 3 is 2.70 bits per heavy atom. The highest BCUT2D eigenvalue weighted by molar-refractivity contribution is 7.18. The van der Waals surface area contributed by atoms with Crippen molar-refractivity contribution >= 4 is 39.5 Å². The number of urea groups is 1. The first-order valence-electron chi connectivity index (χ1n) is 8.47. The maximum absolute atomic E-state index is 12.6. The Morgan fingerprint density at radius 1 is 1.33 bits per heavy atom. The van der Waals surface area contributed by atoms with Crippen LogP contribution in [0.1, 0.15) is 30.7 Å². The van der Waals surface area contributed by atoms with Crippen molar-refractivity contribution in [1.82, 2.24) is 20.2 Å². The molecule has 0 bridgehead atoms. The van der Waals surface area contributed by atoms with E-state index in [2.05, 4.69) is 15.6 Å². The van der Waals surface area contributed by atoms with E-state index in [9.17, 15) is 19.2 Å². The van der Waals surface area contributed by atoms with Crippen molar-refractivity contribution in [3.05, 3.63) is 27.1 Å². The molecular formula is C17H22N4O5S. The molecule has 10 heteroatoms. The quantitative estimate of drug-likeness (QED) is 0.712. The fourth-order valence-corrected chi connectivity index (χ4v) is 3.36. The predicted octanol–water partition coefficient (Wildman–Crippen LogP) is 1.24. The fraction of sp³-hybridized carbons (Fsp3) is 0.471. The molecule has 27 heavy (non-hydrogen) atoms. The molecule has 0 radical (unpaired) electrons. The zero-order valence-corrected chi connectivity index (χ0v) is 16.4. The van der Waals surface area contributed by atoms with Crippen LogP contribution in [0.25, 0.3) is 10.2 Å². The van der Waals surface area contributed by atoms with E-state index in [1.54, 1.807) is 6.92 Å². The van der Waals surface area contributed by atoms with Gasteiger partial charge in [0, 0.05) is 18.0 Å². The second-order valence-corrected chi connectivity index (χ2v) is 7.14. The van der Waals surface area contributed by atoms with Crippen LogP contribution in [0.15, 0.2) is 11.1 Å². The van der Waals surface area contributed by atoms with Crippen LogP contribution >= 0.6 is 11.3 Å². The molecule has 2 aromatic rings. The van der Waals surface area contributed by atoms with Crippen LogP contribution in [0, 0.1) is 13.8 Å². The van der Waals surface area contributed by atoms with Crippen LogP contribution in [0.4, 0.5) is 4.79 Å². The minimum Gasteiger partial charge on any atom is -0.452 e. The lowest BCUT2D eigenvalue weighted by atomic mass is 10.2. The molecule has 0 aliphatic heterocycles. The molecule has 9 nitrogen and oxygen atoms in total. The van der Waals surface area contributed by atoms with E-state index in [1.165, 1.54) is 29.2 Å². The topological polar surface area (TPSA) is 119 Å². The van der Waals surface area contributed by atoms with Crippen molar-refractivity contribution in [3.63, 3.8) is 0 Å². The Bertz CT molecular complexity index is 933. The average molecular weight is 394 g/mol. The monoisotopic (exact) mass is 394 g/mol. The molecule has 0 saturated carbocycles. The lowest BCUT2D eigenvalue weighted by Crippen LogP contribution is -2.44. The Balaban J connectivity index is 1.95. The zero-order chi connectivity index (χ0) is 20.1. The number of nitrogens with one attached hydrogen (secondary N) is 2. The van der Waals surface area contributed by atoms with Gasteiger partial charge >= 0.3 is 12.0 Å². The van der Waals surface area contributed by atoms with Gasteiger partial charge in [0.15, 0.2) is 6.10 Å². The Hall–Kier alpha value is -2.75. The van der Waals surface area contributed by atoms with Gasteiger partial charge < -0.3 is 10.1 Å². The number of carbonyl (C=O) groups excluding carboxylic acids is 3. The van der Waals surface area contributed by atoms with Gasteiger partial charge in [-0.2, -0.15) is 0 Å². The molecule has 0 aliphatic rings. The predicted molar refractivity (Wildman–Crippen MR) is 101 cm³/mol. The summed E-state index contributed by atoms with van der Waals surface area (Å²) in [6.45, 7) is 7.31. The van der Waals surface area contributed by atoms with Crippen LogP contribution in [-0.4, -0.2) is 40.1 Å². The Kier molecular flexibility index (Phi) is 6.67. The molecule has 0 fully saturated rings.